The second-order valence-electron chi connectivity index (χ2n) is 6.89. The topological polar surface area (TPSA) is 63.7 Å². The molecule has 26 heavy (non-hydrogen) atoms. The molecule has 138 valence electrons. The number of amides is 1. The summed E-state index contributed by atoms with van der Waals surface area (Å²) in [5, 5.41) is 4.78. The van der Waals surface area contributed by atoms with E-state index in [9.17, 15) is 4.79 Å². The molecule has 0 spiro atoms. The molecule has 0 aliphatic carbocycles. The van der Waals surface area contributed by atoms with Crippen molar-refractivity contribution in [2.45, 2.75) is 12.6 Å². The summed E-state index contributed by atoms with van der Waals surface area (Å²) in [7, 11) is 1.71. The number of nitrogens with one attached hydrogen (secondary N) is 1. The molecule has 3 heterocycles. The molecule has 0 radical (unpaired) electrons. The Hall–Kier alpha value is -1.96. The van der Waals surface area contributed by atoms with E-state index in [-0.39, 0.29) is 12.0 Å². The smallest absolute Gasteiger partial charge is 0.270 e. The first-order valence-electron chi connectivity index (χ1n) is 8.87. The van der Waals surface area contributed by atoms with Gasteiger partial charge in [-0.2, -0.15) is 0 Å². The van der Waals surface area contributed by atoms with Crippen LogP contribution in [0.1, 0.15) is 16.1 Å². The maximum atomic E-state index is 12.1. The van der Waals surface area contributed by atoms with Crippen LogP contribution >= 0.6 is 11.3 Å². The maximum Gasteiger partial charge on any atom is 0.270 e. The number of para-hydroxylation sites is 1. The number of fused-ring (bicyclic) bond motifs is 1. The van der Waals surface area contributed by atoms with Gasteiger partial charge in [0.05, 0.1) is 25.3 Å². The summed E-state index contributed by atoms with van der Waals surface area (Å²) in [6.45, 7) is 4.13. The van der Waals surface area contributed by atoms with Gasteiger partial charge in [-0.15, -0.1) is 11.3 Å². The second kappa shape index (κ2) is 7.73. The molecule has 6 nitrogen and oxygen atoms in total. The van der Waals surface area contributed by atoms with Crippen LogP contribution in [0.2, 0.25) is 0 Å². The molecule has 1 aromatic carbocycles. The average Bonchev–Trinajstić information content (AvgIpc) is 3.38. The van der Waals surface area contributed by atoms with E-state index in [0.29, 0.717) is 24.1 Å². The predicted molar refractivity (Wildman–Crippen MR) is 99.4 cm³/mol. The molecule has 2 aromatic rings. The molecular weight excluding hydrogens is 350 g/mol. The minimum Gasteiger partial charge on any atom is -0.496 e. The van der Waals surface area contributed by atoms with E-state index in [1.54, 1.807) is 18.0 Å². The minimum atomic E-state index is -0.0985. The number of hydrogen-bond acceptors (Lipinski definition) is 6. The highest BCUT2D eigenvalue weighted by Gasteiger charge is 2.43. The van der Waals surface area contributed by atoms with Crippen molar-refractivity contribution in [2.75, 3.05) is 33.4 Å². The Balaban J connectivity index is 1.33. The highest BCUT2D eigenvalue weighted by molar-refractivity contribution is 7.07. The van der Waals surface area contributed by atoms with Crippen LogP contribution in [0.15, 0.2) is 35.2 Å². The van der Waals surface area contributed by atoms with E-state index >= 15 is 0 Å². The number of nitrogens with zero attached hydrogens (tertiary/aromatic N) is 2. The summed E-state index contributed by atoms with van der Waals surface area (Å²) in [4.78, 5) is 18.6. The second-order valence-corrected chi connectivity index (χ2v) is 7.60. The van der Waals surface area contributed by atoms with Gasteiger partial charge in [-0.3, -0.25) is 9.69 Å². The molecule has 1 N–H and O–H groups in total. The van der Waals surface area contributed by atoms with Gasteiger partial charge in [0, 0.05) is 49.0 Å². The highest BCUT2D eigenvalue weighted by Crippen LogP contribution is 2.34. The Morgan fingerprint density at radius 1 is 1.42 bits per heavy atom. The van der Waals surface area contributed by atoms with Crippen molar-refractivity contribution in [2.24, 2.45) is 11.8 Å². The van der Waals surface area contributed by atoms with E-state index in [4.69, 9.17) is 9.47 Å². The van der Waals surface area contributed by atoms with E-state index in [1.807, 2.05) is 18.2 Å². The maximum absolute atomic E-state index is 12.1. The van der Waals surface area contributed by atoms with Crippen molar-refractivity contribution >= 4 is 17.2 Å². The Bertz CT molecular complexity index is 752. The normalized spacial score (nSPS) is 25.2. The molecule has 2 aliphatic rings. The molecule has 7 heteroatoms. The number of likely N-dealkylation sites (tertiary alicyclic amines) is 1. The number of carbonyl (C=O) groups is 1. The third-order valence-corrected chi connectivity index (χ3v) is 5.88. The van der Waals surface area contributed by atoms with Gasteiger partial charge in [-0.25, -0.2) is 4.98 Å². The number of benzene rings is 1. The number of rotatable bonds is 6. The molecule has 2 saturated heterocycles. The average molecular weight is 373 g/mol. The number of methoxy groups -OCH3 is 1. The van der Waals surface area contributed by atoms with Crippen LogP contribution in [0.3, 0.4) is 0 Å². The van der Waals surface area contributed by atoms with Crippen LogP contribution in [0.4, 0.5) is 0 Å². The molecule has 0 unspecified atom stereocenters. The third-order valence-electron chi connectivity index (χ3n) is 5.29. The molecule has 3 atom stereocenters. The zero-order valence-electron chi connectivity index (χ0n) is 14.8. The van der Waals surface area contributed by atoms with Crippen LogP contribution in [0, 0.1) is 11.8 Å². The zero-order chi connectivity index (χ0) is 17.9. The molecule has 1 amide bonds. The quantitative estimate of drug-likeness (QED) is 0.839. The number of carbonyl (C=O) groups excluding carboxylic acids is 1. The van der Waals surface area contributed by atoms with Crippen LogP contribution < -0.4 is 10.1 Å². The SMILES string of the molecule is COc1ccccc1CN1C[C@H]2[C@@H](CNC(=O)c3cscn3)CO[C@H]2C1. The van der Waals surface area contributed by atoms with Gasteiger partial charge in [0.2, 0.25) is 0 Å². The first kappa shape index (κ1) is 17.5. The van der Waals surface area contributed by atoms with Gasteiger partial charge in [-0.05, 0) is 6.07 Å². The lowest BCUT2D eigenvalue weighted by Crippen LogP contribution is -2.34. The number of ether oxygens (including phenoxy) is 2. The largest absolute Gasteiger partial charge is 0.496 e. The summed E-state index contributed by atoms with van der Waals surface area (Å²) in [5.41, 5.74) is 3.37. The Morgan fingerprint density at radius 2 is 2.31 bits per heavy atom. The fraction of sp³-hybridized carbons (Fsp3) is 0.474. The van der Waals surface area contributed by atoms with Gasteiger partial charge in [-0.1, -0.05) is 18.2 Å². The van der Waals surface area contributed by atoms with Crippen molar-refractivity contribution in [1.82, 2.24) is 15.2 Å². The first-order chi connectivity index (χ1) is 12.7. The number of hydrogen-bond donors (Lipinski definition) is 1. The number of thiazole rings is 1. The predicted octanol–water partition coefficient (Wildman–Crippen LogP) is 2.03. The lowest BCUT2D eigenvalue weighted by molar-refractivity contribution is 0.0900. The lowest BCUT2D eigenvalue weighted by atomic mass is 9.93. The van der Waals surface area contributed by atoms with Crippen LogP contribution in [-0.4, -0.2) is 55.2 Å². The van der Waals surface area contributed by atoms with Gasteiger partial charge < -0.3 is 14.8 Å². The van der Waals surface area contributed by atoms with E-state index in [1.165, 1.54) is 16.9 Å². The summed E-state index contributed by atoms with van der Waals surface area (Å²) in [6.07, 6.45) is 0.255. The fourth-order valence-corrected chi connectivity index (χ4v) is 4.46. The van der Waals surface area contributed by atoms with Crippen molar-refractivity contribution in [3.05, 3.63) is 46.4 Å². The molecule has 4 rings (SSSR count). The molecular formula is C19H23N3O3S. The molecule has 0 bridgehead atoms. The Kier molecular flexibility index (Phi) is 5.19. The van der Waals surface area contributed by atoms with Crippen molar-refractivity contribution in [3.63, 3.8) is 0 Å². The number of aromatic nitrogens is 1. The van der Waals surface area contributed by atoms with Gasteiger partial charge in [0.1, 0.15) is 11.4 Å². The Labute approximate surface area is 157 Å². The van der Waals surface area contributed by atoms with Crippen molar-refractivity contribution in [1.29, 1.82) is 0 Å². The van der Waals surface area contributed by atoms with E-state index in [0.717, 1.165) is 32.0 Å². The molecule has 1 aromatic heterocycles. The molecule has 2 fully saturated rings. The van der Waals surface area contributed by atoms with Gasteiger partial charge >= 0.3 is 0 Å². The standard InChI is InChI=1S/C19H23N3O3S/c1-24-17-5-3-2-4-13(17)7-22-8-15-14(10-25-18(15)9-22)6-20-19(23)16-11-26-12-21-16/h2-5,11-12,14-15,18H,6-10H2,1H3,(H,20,23)/t14-,15-,18-/m0/s1. The summed E-state index contributed by atoms with van der Waals surface area (Å²) in [6, 6.07) is 8.15. The zero-order valence-corrected chi connectivity index (χ0v) is 15.6. The summed E-state index contributed by atoms with van der Waals surface area (Å²) < 4.78 is 11.5. The van der Waals surface area contributed by atoms with Gasteiger partial charge in [0.15, 0.2) is 0 Å². The van der Waals surface area contributed by atoms with Crippen LogP contribution in [-0.2, 0) is 11.3 Å². The first-order valence-corrected chi connectivity index (χ1v) is 9.81. The van der Waals surface area contributed by atoms with E-state index in [2.05, 4.69) is 21.3 Å². The monoisotopic (exact) mass is 373 g/mol. The minimum absolute atomic E-state index is 0.0985. The molecule has 0 saturated carbocycles. The summed E-state index contributed by atoms with van der Waals surface area (Å²) >= 11 is 1.43. The Morgan fingerprint density at radius 3 is 3.12 bits per heavy atom. The fourth-order valence-electron chi connectivity index (χ4n) is 3.93. The van der Waals surface area contributed by atoms with Crippen molar-refractivity contribution < 1.29 is 14.3 Å². The summed E-state index contributed by atoms with van der Waals surface area (Å²) in [5.74, 6) is 1.64. The van der Waals surface area contributed by atoms with Crippen LogP contribution in [0.25, 0.3) is 0 Å². The molecule has 2 aliphatic heterocycles. The van der Waals surface area contributed by atoms with Crippen molar-refractivity contribution in [3.8, 4) is 5.75 Å². The van der Waals surface area contributed by atoms with Gasteiger partial charge in [0.25, 0.3) is 5.91 Å². The third kappa shape index (κ3) is 3.60. The van der Waals surface area contributed by atoms with E-state index < -0.39 is 0 Å². The lowest BCUT2D eigenvalue weighted by Gasteiger charge is -2.20. The van der Waals surface area contributed by atoms with Crippen LogP contribution in [0.5, 0.6) is 5.75 Å². The highest BCUT2D eigenvalue weighted by atomic mass is 32.1.